The third-order valence-electron chi connectivity index (χ3n) is 5.24. The summed E-state index contributed by atoms with van der Waals surface area (Å²) in [7, 11) is 0. The van der Waals surface area contributed by atoms with E-state index >= 15 is 0 Å². The van der Waals surface area contributed by atoms with E-state index in [2.05, 4.69) is 10.3 Å². The van der Waals surface area contributed by atoms with Crippen LogP contribution in [0, 0.1) is 0 Å². The Hall–Kier alpha value is -2.41. The standard InChI is InChI=1S/C19H25N5O2/c1-19(2,20)17-12-24(22-21-17)14-7-9-23(10-8-14)18(25)16-11-13-5-3-4-6-15(13)26-16/h3-6,12,14,16H,7-11,20H2,1-2H3/t16-/m1/s1. The van der Waals surface area contributed by atoms with Gasteiger partial charge in [-0.3, -0.25) is 4.79 Å². The average molecular weight is 355 g/mol. The highest BCUT2D eigenvalue weighted by atomic mass is 16.5. The van der Waals surface area contributed by atoms with E-state index < -0.39 is 5.54 Å². The second-order valence-corrected chi connectivity index (χ2v) is 7.78. The monoisotopic (exact) mass is 355 g/mol. The number of nitrogens with two attached hydrogens (primary N) is 1. The number of piperidine rings is 1. The molecule has 1 saturated heterocycles. The van der Waals surface area contributed by atoms with Gasteiger partial charge in [0.1, 0.15) is 11.4 Å². The van der Waals surface area contributed by atoms with Gasteiger partial charge < -0.3 is 15.4 Å². The molecule has 0 radical (unpaired) electrons. The lowest BCUT2D eigenvalue weighted by Gasteiger charge is -2.33. The summed E-state index contributed by atoms with van der Waals surface area (Å²) in [5.74, 6) is 0.919. The van der Waals surface area contributed by atoms with Crippen LogP contribution in [-0.2, 0) is 16.8 Å². The van der Waals surface area contributed by atoms with Crippen molar-refractivity contribution in [1.29, 1.82) is 0 Å². The third kappa shape index (κ3) is 3.19. The van der Waals surface area contributed by atoms with Crippen molar-refractivity contribution in [2.45, 2.75) is 50.8 Å². The zero-order valence-corrected chi connectivity index (χ0v) is 15.3. The molecule has 2 aliphatic rings. The number of ether oxygens (including phenoxy) is 1. The molecule has 2 aliphatic heterocycles. The summed E-state index contributed by atoms with van der Waals surface area (Å²) in [6, 6.07) is 8.12. The number of benzene rings is 1. The van der Waals surface area contributed by atoms with Gasteiger partial charge in [-0.2, -0.15) is 0 Å². The first-order chi connectivity index (χ1) is 12.4. The summed E-state index contributed by atoms with van der Waals surface area (Å²) in [5.41, 5.74) is 7.49. The highest BCUT2D eigenvalue weighted by Crippen LogP contribution is 2.30. The van der Waals surface area contributed by atoms with Crippen LogP contribution >= 0.6 is 0 Å². The van der Waals surface area contributed by atoms with E-state index in [1.54, 1.807) is 0 Å². The summed E-state index contributed by atoms with van der Waals surface area (Å²) in [6.07, 6.45) is 3.92. The third-order valence-corrected chi connectivity index (χ3v) is 5.24. The molecule has 2 N–H and O–H groups in total. The second kappa shape index (κ2) is 6.39. The Morgan fingerprint density at radius 3 is 2.65 bits per heavy atom. The van der Waals surface area contributed by atoms with Crippen LogP contribution in [0.2, 0.25) is 0 Å². The number of aromatic nitrogens is 3. The normalized spacial score (nSPS) is 20.7. The van der Waals surface area contributed by atoms with Crippen molar-refractivity contribution in [2.24, 2.45) is 5.73 Å². The van der Waals surface area contributed by atoms with Crippen LogP contribution in [0.15, 0.2) is 30.5 Å². The number of carbonyl (C=O) groups is 1. The molecule has 0 unspecified atom stereocenters. The van der Waals surface area contributed by atoms with Gasteiger partial charge in [0.05, 0.1) is 17.8 Å². The van der Waals surface area contributed by atoms with Crippen LogP contribution in [0.3, 0.4) is 0 Å². The topological polar surface area (TPSA) is 86.3 Å². The fourth-order valence-corrected chi connectivity index (χ4v) is 3.62. The molecule has 7 heteroatoms. The van der Waals surface area contributed by atoms with E-state index in [0.29, 0.717) is 19.5 Å². The van der Waals surface area contributed by atoms with Crippen molar-refractivity contribution >= 4 is 5.91 Å². The van der Waals surface area contributed by atoms with Crippen molar-refractivity contribution in [1.82, 2.24) is 19.9 Å². The van der Waals surface area contributed by atoms with Gasteiger partial charge in [-0.05, 0) is 38.3 Å². The zero-order valence-electron chi connectivity index (χ0n) is 15.3. The molecule has 0 saturated carbocycles. The van der Waals surface area contributed by atoms with Gasteiger partial charge in [-0.15, -0.1) is 5.10 Å². The molecule has 1 aromatic heterocycles. The molecule has 1 fully saturated rings. The largest absolute Gasteiger partial charge is 0.480 e. The summed E-state index contributed by atoms with van der Waals surface area (Å²) in [4.78, 5) is 14.7. The number of hydrogen-bond acceptors (Lipinski definition) is 5. The van der Waals surface area contributed by atoms with Gasteiger partial charge in [0, 0.05) is 19.5 Å². The molecule has 1 amide bonds. The maximum atomic E-state index is 12.8. The van der Waals surface area contributed by atoms with Crippen LogP contribution in [0.25, 0.3) is 0 Å². The number of fused-ring (bicyclic) bond motifs is 1. The smallest absolute Gasteiger partial charge is 0.263 e. The second-order valence-electron chi connectivity index (χ2n) is 7.78. The van der Waals surface area contributed by atoms with Crippen LogP contribution < -0.4 is 10.5 Å². The van der Waals surface area contributed by atoms with Crippen LogP contribution in [-0.4, -0.2) is 45.0 Å². The average Bonchev–Trinajstić information content (AvgIpc) is 3.28. The minimum absolute atomic E-state index is 0.0852. The number of hydrogen-bond donors (Lipinski definition) is 1. The maximum Gasteiger partial charge on any atom is 0.263 e. The Kier molecular flexibility index (Phi) is 4.19. The SMILES string of the molecule is CC(C)(N)c1cn(C2CCN(C(=O)[C@H]3Cc4ccccc4O3)CC2)nn1. The number of nitrogens with zero attached hydrogens (tertiary/aromatic N) is 4. The fourth-order valence-electron chi connectivity index (χ4n) is 3.62. The van der Waals surface area contributed by atoms with E-state index in [9.17, 15) is 4.79 Å². The Morgan fingerprint density at radius 2 is 2.00 bits per heavy atom. The van der Waals surface area contributed by atoms with Gasteiger partial charge in [-0.25, -0.2) is 4.68 Å². The molecule has 1 aromatic carbocycles. The molecule has 0 bridgehead atoms. The fraction of sp³-hybridized carbons (Fsp3) is 0.526. The van der Waals surface area contributed by atoms with Crippen LogP contribution in [0.1, 0.15) is 44.0 Å². The molecule has 4 rings (SSSR count). The predicted molar refractivity (Wildman–Crippen MR) is 96.6 cm³/mol. The molecular formula is C19H25N5O2. The molecule has 1 atom stereocenters. The molecular weight excluding hydrogens is 330 g/mol. The Balaban J connectivity index is 1.35. The Bertz CT molecular complexity index is 777. The van der Waals surface area contributed by atoms with Gasteiger partial charge in [0.2, 0.25) is 0 Å². The lowest BCUT2D eigenvalue weighted by Crippen LogP contribution is -2.45. The summed E-state index contributed by atoms with van der Waals surface area (Å²) in [5, 5.41) is 8.43. The van der Waals surface area contributed by atoms with E-state index in [1.807, 2.05) is 53.9 Å². The summed E-state index contributed by atoms with van der Waals surface area (Å²) < 4.78 is 7.74. The summed E-state index contributed by atoms with van der Waals surface area (Å²) >= 11 is 0. The van der Waals surface area contributed by atoms with Crippen LogP contribution in [0.5, 0.6) is 5.75 Å². The molecule has 0 spiro atoms. The lowest BCUT2D eigenvalue weighted by atomic mass is 10.0. The minimum atomic E-state index is -0.496. The molecule has 0 aliphatic carbocycles. The zero-order chi connectivity index (χ0) is 18.3. The van der Waals surface area contributed by atoms with Crippen molar-refractivity contribution in [3.05, 3.63) is 41.7 Å². The summed E-state index contributed by atoms with van der Waals surface area (Å²) in [6.45, 7) is 5.26. The highest BCUT2D eigenvalue weighted by Gasteiger charge is 2.34. The van der Waals surface area contributed by atoms with E-state index in [0.717, 1.165) is 29.8 Å². The van der Waals surface area contributed by atoms with Crippen molar-refractivity contribution in [3.63, 3.8) is 0 Å². The van der Waals surface area contributed by atoms with Gasteiger partial charge in [0.25, 0.3) is 5.91 Å². The molecule has 2 aromatic rings. The molecule has 26 heavy (non-hydrogen) atoms. The van der Waals surface area contributed by atoms with E-state index in [1.165, 1.54) is 0 Å². The number of amides is 1. The Morgan fingerprint density at radius 1 is 1.27 bits per heavy atom. The van der Waals surface area contributed by atoms with E-state index in [4.69, 9.17) is 10.5 Å². The first-order valence-corrected chi connectivity index (χ1v) is 9.16. The first kappa shape index (κ1) is 17.0. The number of carbonyl (C=O) groups excluding carboxylic acids is 1. The number of likely N-dealkylation sites (tertiary alicyclic amines) is 1. The Labute approximate surface area is 153 Å². The van der Waals surface area contributed by atoms with E-state index in [-0.39, 0.29) is 18.1 Å². The maximum absolute atomic E-state index is 12.8. The predicted octanol–water partition coefficient (Wildman–Crippen LogP) is 1.64. The molecule has 3 heterocycles. The van der Waals surface area contributed by atoms with Crippen molar-refractivity contribution in [2.75, 3.05) is 13.1 Å². The lowest BCUT2D eigenvalue weighted by molar-refractivity contribution is -0.139. The van der Waals surface area contributed by atoms with Gasteiger partial charge in [0.15, 0.2) is 6.10 Å². The molecule has 7 nitrogen and oxygen atoms in total. The minimum Gasteiger partial charge on any atom is -0.480 e. The number of para-hydroxylation sites is 1. The van der Waals surface area contributed by atoms with Crippen LogP contribution in [0.4, 0.5) is 0 Å². The highest BCUT2D eigenvalue weighted by molar-refractivity contribution is 5.82. The first-order valence-electron chi connectivity index (χ1n) is 9.16. The van der Waals surface area contributed by atoms with Crippen molar-refractivity contribution in [3.8, 4) is 5.75 Å². The number of rotatable bonds is 3. The van der Waals surface area contributed by atoms with Gasteiger partial charge >= 0.3 is 0 Å². The van der Waals surface area contributed by atoms with Gasteiger partial charge in [-0.1, -0.05) is 23.4 Å². The molecule has 138 valence electrons. The quantitative estimate of drug-likeness (QED) is 0.904. The van der Waals surface area contributed by atoms with Crippen molar-refractivity contribution < 1.29 is 9.53 Å².